The first-order valence-electron chi connectivity index (χ1n) is 9.09. The number of hydrogen-bond acceptors (Lipinski definition) is 6. The largest absolute Gasteiger partial charge is 0.490 e. The van der Waals surface area contributed by atoms with Gasteiger partial charge in [0.05, 0.1) is 23.2 Å². The zero-order chi connectivity index (χ0) is 20.1. The van der Waals surface area contributed by atoms with E-state index in [0.29, 0.717) is 46.2 Å². The minimum absolute atomic E-state index is 0.283. The Morgan fingerprint density at radius 2 is 2.07 bits per heavy atom. The highest BCUT2D eigenvalue weighted by Gasteiger charge is 2.28. The lowest BCUT2D eigenvalue weighted by molar-refractivity contribution is 0.0527. The van der Waals surface area contributed by atoms with E-state index in [4.69, 9.17) is 14.2 Å². The first-order valence-corrected chi connectivity index (χ1v) is 10.7. The summed E-state index contributed by atoms with van der Waals surface area (Å²) < 4.78 is 16.4. The number of thiophene rings is 1. The van der Waals surface area contributed by atoms with Crippen molar-refractivity contribution >= 4 is 44.1 Å². The second-order valence-electron chi connectivity index (χ2n) is 6.22. The Balaban J connectivity index is 1.78. The summed E-state index contributed by atoms with van der Waals surface area (Å²) >= 11 is 4.89. The van der Waals surface area contributed by atoms with E-state index in [1.165, 1.54) is 11.3 Å². The van der Waals surface area contributed by atoms with Gasteiger partial charge in [0, 0.05) is 17.6 Å². The average Bonchev–Trinajstić information content (AvgIpc) is 3.24. The van der Waals surface area contributed by atoms with Gasteiger partial charge in [-0.05, 0) is 65.9 Å². The third kappa shape index (κ3) is 4.56. The molecule has 1 amide bonds. The number of anilines is 1. The highest BCUT2D eigenvalue weighted by atomic mass is 79.9. The molecule has 1 heterocycles. The van der Waals surface area contributed by atoms with E-state index in [9.17, 15) is 9.59 Å². The second kappa shape index (κ2) is 9.54. The Labute approximate surface area is 176 Å². The highest BCUT2D eigenvalue weighted by Crippen LogP contribution is 2.39. The number of benzene rings is 1. The van der Waals surface area contributed by atoms with E-state index in [-0.39, 0.29) is 11.9 Å². The summed E-state index contributed by atoms with van der Waals surface area (Å²) in [7, 11) is 1.61. The standard InChI is InChI=1S/C20H22BrNO5S/c1-3-26-20(24)17-13-5-4-6-16(13)28-19(17)22-18(23)12-7-8-15(14(21)11-12)27-10-9-25-2/h7-8,11H,3-6,9-10H2,1-2H3,(H,22,23). The van der Waals surface area contributed by atoms with Gasteiger partial charge in [-0.25, -0.2) is 4.79 Å². The number of carbonyl (C=O) groups is 2. The molecule has 0 bridgehead atoms. The number of rotatable bonds is 8. The quantitative estimate of drug-likeness (QED) is 0.458. The average molecular weight is 468 g/mol. The zero-order valence-electron chi connectivity index (χ0n) is 15.8. The zero-order valence-corrected chi connectivity index (χ0v) is 18.2. The molecule has 1 aliphatic rings. The van der Waals surface area contributed by atoms with Gasteiger partial charge in [-0.2, -0.15) is 0 Å². The predicted molar refractivity (Wildman–Crippen MR) is 112 cm³/mol. The summed E-state index contributed by atoms with van der Waals surface area (Å²) in [5, 5.41) is 3.45. The third-order valence-corrected chi connectivity index (χ3v) is 6.19. The van der Waals surface area contributed by atoms with Gasteiger partial charge in [0.2, 0.25) is 0 Å². The maximum absolute atomic E-state index is 12.8. The smallest absolute Gasteiger partial charge is 0.341 e. The van der Waals surface area contributed by atoms with Crippen molar-refractivity contribution in [1.82, 2.24) is 0 Å². The van der Waals surface area contributed by atoms with E-state index < -0.39 is 0 Å². The predicted octanol–water partition coefficient (Wildman–Crippen LogP) is 4.45. The number of hydrogen-bond donors (Lipinski definition) is 1. The SMILES string of the molecule is CCOC(=O)c1c(NC(=O)c2ccc(OCCOC)c(Br)c2)sc2c1CCC2. The van der Waals surface area contributed by atoms with Crippen molar-refractivity contribution in [3.63, 3.8) is 0 Å². The molecule has 3 rings (SSSR count). The van der Waals surface area contributed by atoms with Crippen LogP contribution in [-0.4, -0.2) is 38.8 Å². The van der Waals surface area contributed by atoms with Crippen molar-refractivity contribution in [2.75, 3.05) is 32.2 Å². The Bertz CT molecular complexity index is 880. The van der Waals surface area contributed by atoms with Gasteiger partial charge in [-0.3, -0.25) is 4.79 Å². The second-order valence-corrected chi connectivity index (χ2v) is 8.18. The lowest BCUT2D eigenvalue weighted by Gasteiger charge is -2.10. The van der Waals surface area contributed by atoms with Gasteiger partial charge in [-0.1, -0.05) is 0 Å². The van der Waals surface area contributed by atoms with Crippen molar-refractivity contribution < 1.29 is 23.8 Å². The molecule has 0 saturated heterocycles. The number of fused-ring (bicyclic) bond motifs is 1. The molecule has 0 spiro atoms. The molecular formula is C20H22BrNO5S. The number of ether oxygens (including phenoxy) is 3. The molecule has 150 valence electrons. The molecule has 28 heavy (non-hydrogen) atoms. The Kier molecular flexibility index (Phi) is 7.09. The molecule has 2 aromatic rings. The van der Waals surface area contributed by atoms with E-state index in [0.717, 1.165) is 29.7 Å². The number of amides is 1. The molecule has 0 radical (unpaired) electrons. The van der Waals surface area contributed by atoms with Crippen LogP contribution in [0.25, 0.3) is 0 Å². The molecule has 1 aliphatic carbocycles. The van der Waals surface area contributed by atoms with Crippen molar-refractivity contribution in [2.24, 2.45) is 0 Å². The van der Waals surface area contributed by atoms with Crippen LogP contribution >= 0.6 is 27.3 Å². The first-order chi connectivity index (χ1) is 13.5. The molecule has 1 aromatic heterocycles. The fraction of sp³-hybridized carbons (Fsp3) is 0.400. The molecule has 1 N–H and O–H groups in total. The monoisotopic (exact) mass is 467 g/mol. The fourth-order valence-corrected chi connectivity index (χ4v) is 4.85. The minimum Gasteiger partial charge on any atom is -0.490 e. The normalized spacial score (nSPS) is 12.5. The molecule has 0 aliphatic heterocycles. The van der Waals surface area contributed by atoms with Crippen LogP contribution in [0, 0.1) is 0 Å². The molecule has 0 saturated carbocycles. The lowest BCUT2D eigenvalue weighted by Crippen LogP contribution is -2.15. The van der Waals surface area contributed by atoms with Gasteiger partial charge in [0.15, 0.2) is 0 Å². The van der Waals surface area contributed by atoms with Crippen LogP contribution in [0.1, 0.15) is 44.5 Å². The van der Waals surface area contributed by atoms with Gasteiger partial charge < -0.3 is 19.5 Å². The van der Waals surface area contributed by atoms with Crippen LogP contribution in [-0.2, 0) is 22.3 Å². The van der Waals surface area contributed by atoms with Crippen LogP contribution in [0.5, 0.6) is 5.75 Å². The maximum Gasteiger partial charge on any atom is 0.341 e. The first kappa shape index (κ1) is 20.8. The number of esters is 1. The molecular weight excluding hydrogens is 446 g/mol. The summed E-state index contributed by atoms with van der Waals surface area (Å²) in [5.74, 6) is -0.0224. The molecule has 6 nitrogen and oxygen atoms in total. The fourth-order valence-electron chi connectivity index (χ4n) is 3.08. The van der Waals surface area contributed by atoms with Crippen molar-refractivity contribution in [1.29, 1.82) is 0 Å². The highest BCUT2D eigenvalue weighted by molar-refractivity contribution is 9.10. The number of aryl methyl sites for hydroxylation is 1. The molecule has 0 fully saturated rings. The van der Waals surface area contributed by atoms with Crippen LogP contribution in [0.4, 0.5) is 5.00 Å². The molecule has 1 aromatic carbocycles. The van der Waals surface area contributed by atoms with E-state index in [2.05, 4.69) is 21.2 Å². The number of nitrogens with one attached hydrogen (secondary N) is 1. The lowest BCUT2D eigenvalue weighted by atomic mass is 10.1. The van der Waals surface area contributed by atoms with E-state index in [1.54, 1.807) is 32.2 Å². The van der Waals surface area contributed by atoms with Crippen molar-refractivity contribution in [3.05, 3.63) is 44.2 Å². The van der Waals surface area contributed by atoms with Crippen LogP contribution < -0.4 is 10.1 Å². The van der Waals surface area contributed by atoms with Gasteiger partial charge in [0.1, 0.15) is 17.4 Å². The summed E-state index contributed by atoms with van der Waals surface area (Å²) in [6.45, 7) is 2.98. The Morgan fingerprint density at radius 1 is 1.25 bits per heavy atom. The molecule has 8 heteroatoms. The third-order valence-electron chi connectivity index (χ3n) is 4.37. The summed E-state index contributed by atoms with van der Waals surface area (Å²) in [6, 6.07) is 5.12. The van der Waals surface area contributed by atoms with Crippen LogP contribution in [0.2, 0.25) is 0 Å². The minimum atomic E-state index is -0.375. The van der Waals surface area contributed by atoms with Crippen molar-refractivity contribution in [3.8, 4) is 5.75 Å². The van der Waals surface area contributed by atoms with Crippen molar-refractivity contribution in [2.45, 2.75) is 26.2 Å². The van der Waals surface area contributed by atoms with E-state index in [1.807, 2.05) is 0 Å². The van der Waals surface area contributed by atoms with Gasteiger partial charge in [-0.15, -0.1) is 11.3 Å². The summed E-state index contributed by atoms with van der Waals surface area (Å²) in [4.78, 5) is 26.3. The summed E-state index contributed by atoms with van der Waals surface area (Å²) in [5.41, 5.74) is 1.99. The van der Waals surface area contributed by atoms with Crippen LogP contribution in [0.15, 0.2) is 22.7 Å². The topological polar surface area (TPSA) is 73.9 Å². The van der Waals surface area contributed by atoms with E-state index >= 15 is 0 Å². The van der Waals surface area contributed by atoms with Gasteiger partial charge >= 0.3 is 5.97 Å². The molecule has 0 unspecified atom stereocenters. The Morgan fingerprint density at radius 3 is 2.79 bits per heavy atom. The number of methoxy groups -OCH3 is 1. The summed E-state index contributed by atoms with van der Waals surface area (Å²) in [6.07, 6.45) is 2.80. The van der Waals surface area contributed by atoms with Gasteiger partial charge in [0.25, 0.3) is 5.91 Å². The number of carbonyl (C=O) groups excluding carboxylic acids is 2. The molecule has 0 atom stereocenters. The number of halogens is 1. The Hall–Kier alpha value is -1.90. The maximum atomic E-state index is 12.8. The van der Waals surface area contributed by atoms with Crippen LogP contribution in [0.3, 0.4) is 0 Å².